The van der Waals surface area contributed by atoms with Crippen molar-refractivity contribution in [3.05, 3.63) is 35.4 Å². The average molecular weight is 296 g/mol. The lowest BCUT2D eigenvalue weighted by atomic mass is 10.1. The van der Waals surface area contributed by atoms with E-state index in [4.69, 9.17) is 5.26 Å². The van der Waals surface area contributed by atoms with Crippen LogP contribution in [0.15, 0.2) is 24.3 Å². The van der Waals surface area contributed by atoms with Crippen LogP contribution >= 0.6 is 11.8 Å². The smallest absolute Gasteiger partial charge is 0.212 e. The number of nitriles is 1. The maximum absolute atomic E-state index is 12.4. The molecule has 1 aliphatic rings. The van der Waals surface area contributed by atoms with Gasteiger partial charge < -0.3 is 0 Å². The Kier molecular flexibility index (Phi) is 4.50. The molecule has 1 fully saturated rings. The van der Waals surface area contributed by atoms with Gasteiger partial charge in [0, 0.05) is 24.1 Å². The normalized spacial score (nSPS) is 20.9. The summed E-state index contributed by atoms with van der Waals surface area (Å²) in [6, 6.07) is 8.94. The minimum absolute atomic E-state index is 0.0259. The first-order valence-corrected chi connectivity index (χ1v) is 8.86. The highest BCUT2D eigenvalue weighted by atomic mass is 32.2. The Morgan fingerprint density at radius 2 is 2.21 bits per heavy atom. The van der Waals surface area contributed by atoms with Crippen LogP contribution in [0.5, 0.6) is 0 Å². The molecule has 0 saturated carbocycles. The third kappa shape index (κ3) is 3.30. The summed E-state index contributed by atoms with van der Waals surface area (Å²) in [6.07, 6.45) is 0. The zero-order valence-corrected chi connectivity index (χ0v) is 12.4. The van der Waals surface area contributed by atoms with Crippen molar-refractivity contribution < 1.29 is 8.42 Å². The van der Waals surface area contributed by atoms with E-state index in [0.29, 0.717) is 17.7 Å². The molecular formula is C13H16N2O2S2. The molecular weight excluding hydrogens is 280 g/mol. The minimum atomic E-state index is -3.35. The van der Waals surface area contributed by atoms with Crippen molar-refractivity contribution in [1.82, 2.24) is 4.31 Å². The summed E-state index contributed by atoms with van der Waals surface area (Å²) in [5.41, 5.74) is 1.01. The highest BCUT2D eigenvalue weighted by Crippen LogP contribution is 2.22. The maximum atomic E-state index is 12.4. The molecule has 4 nitrogen and oxygen atoms in total. The fourth-order valence-corrected chi connectivity index (χ4v) is 5.19. The van der Waals surface area contributed by atoms with Gasteiger partial charge in [-0.05, 0) is 18.6 Å². The van der Waals surface area contributed by atoms with Gasteiger partial charge in [0.2, 0.25) is 10.0 Å². The average Bonchev–Trinajstić information content (AvgIpc) is 2.39. The van der Waals surface area contributed by atoms with Crippen molar-refractivity contribution in [1.29, 1.82) is 5.26 Å². The van der Waals surface area contributed by atoms with Crippen LogP contribution in [-0.2, 0) is 15.8 Å². The molecule has 1 aromatic rings. The zero-order valence-electron chi connectivity index (χ0n) is 10.7. The lowest BCUT2D eigenvalue weighted by Gasteiger charge is -2.32. The third-order valence-corrected chi connectivity index (χ3v) is 6.26. The SMILES string of the molecule is CC1CSCCN1S(=O)(=O)Cc1ccccc1C#N. The Morgan fingerprint density at radius 3 is 2.89 bits per heavy atom. The van der Waals surface area contributed by atoms with Crippen molar-refractivity contribution in [2.75, 3.05) is 18.1 Å². The van der Waals surface area contributed by atoms with Gasteiger partial charge in [0.15, 0.2) is 0 Å². The molecule has 19 heavy (non-hydrogen) atoms. The number of hydrogen-bond donors (Lipinski definition) is 0. The van der Waals surface area contributed by atoms with E-state index in [9.17, 15) is 8.42 Å². The van der Waals surface area contributed by atoms with E-state index in [1.807, 2.05) is 13.0 Å². The molecule has 1 aromatic carbocycles. The predicted molar refractivity (Wildman–Crippen MR) is 77.3 cm³/mol. The quantitative estimate of drug-likeness (QED) is 0.853. The molecule has 0 aliphatic carbocycles. The Bertz CT molecular complexity index is 593. The van der Waals surface area contributed by atoms with E-state index in [-0.39, 0.29) is 11.8 Å². The molecule has 0 spiro atoms. The highest BCUT2D eigenvalue weighted by molar-refractivity contribution is 7.99. The first kappa shape index (κ1) is 14.4. The van der Waals surface area contributed by atoms with Crippen molar-refractivity contribution >= 4 is 21.8 Å². The van der Waals surface area contributed by atoms with E-state index in [0.717, 1.165) is 11.5 Å². The molecule has 0 N–H and O–H groups in total. The van der Waals surface area contributed by atoms with Gasteiger partial charge in [-0.2, -0.15) is 21.3 Å². The Balaban J connectivity index is 2.24. The van der Waals surface area contributed by atoms with Crippen LogP contribution in [0.3, 0.4) is 0 Å². The second-order valence-corrected chi connectivity index (χ2v) is 7.63. The van der Waals surface area contributed by atoms with Gasteiger partial charge in [0.05, 0.1) is 17.4 Å². The monoisotopic (exact) mass is 296 g/mol. The van der Waals surface area contributed by atoms with E-state index in [2.05, 4.69) is 0 Å². The van der Waals surface area contributed by atoms with Crippen LogP contribution in [-0.4, -0.2) is 36.8 Å². The number of rotatable bonds is 3. The van der Waals surface area contributed by atoms with E-state index in [1.165, 1.54) is 0 Å². The standard InChI is InChI=1S/C13H16N2O2S2/c1-11-9-18-7-6-15(11)19(16,17)10-13-5-3-2-4-12(13)8-14/h2-5,11H,6-7,9-10H2,1H3. The Hall–Kier alpha value is -1.03. The molecule has 0 aromatic heterocycles. The minimum Gasteiger partial charge on any atom is -0.212 e. The van der Waals surface area contributed by atoms with Crippen molar-refractivity contribution in [3.63, 3.8) is 0 Å². The number of sulfonamides is 1. The predicted octanol–water partition coefficient (Wildman–Crippen LogP) is 1.83. The highest BCUT2D eigenvalue weighted by Gasteiger charge is 2.30. The molecule has 0 amide bonds. The molecule has 1 aliphatic heterocycles. The second-order valence-electron chi connectivity index (χ2n) is 4.56. The summed E-state index contributed by atoms with van der Waals surface area (Å²) in [7, 11) is -3.35. The van der Waals surface area contributed by atoms with Gasteiger partial charge >= 0.3 is 0 Å². The summed E-state index contributed by atoms with van der Waals surface area (Å²) >= 11 is 1.78. The number of nitrogens with zero attached hydrogens (tertiary/aromatic N) is 2. The number of hydrogen-bond acceptors (Lipinski definition) is 4. The summed E-state index contributed by atoms with van der Waals surface area (Å²) in [5.74, 6) is 1.58. The van der Waals surface area contributed by atoms with E-state index in [1.54, 1.807) is 40.3 Å². The number of thioether (sulfide) groups is 1. The van der Waals surface area contributed by atoms with Crippen LogP contribution in [0, 0.1) is 11.3 Å². The van der Waals surface area contributed by atoms with Gasteiger partial charge in [-0.25, -0.2) is 8.42 Å². The van der Waals surface area contributed by atoms with Crippen LogP contribution in [0.25, 0.3) is 0 Å². The Labute approximate surface area is 118 Å². The maximum Gasteiger partial charge on any atom is 0.218 e. The van der Waals surface area contributed by atoms with Crippen LogP contribution in [0.1, 0.15) is 18.1 Å². The summed E-state index contributed by atoms with van der Waals surface area (Å²) in [6.45, 7) is 2.49. The molecule has 102 valence electrons. The largest absolute Gasteiger partial charge is 0.218 e. The zero-order chi connectivity index (χ0) is 13.9. The van der Waals surface area contributed by atoms with Crippen LogP contribution in [0.4, 0.5) is 0 Å². The molecule has 0 bridgehead atoms. The second kappa shape index (κ2) is 5.95. The lowest BCUT2D eigenvalue weighted by molar-refractivity contribution is 0.367. The van der Waals surface area contributed by atoms with Crippen LogP contribution < -0.4 is 0 Å². The topological polar surface area (TPSA) is 61.2 Å². The van der Waals surface area contributed by atoms with Gasteiger partial charge in [-0.15, -0.1) is 0 Å². The first-order chi connectivity index (χ1) is 9.04. The van der Waals surface area contributed by atoms with E-state index >= 15 is 0 Å². The fourth-order valence-electron chi connectivity index (χ4n) is 2.16. The summed E-state index contributed by atoms with van der Waals surface area (Å²) < 4.78 is 26.4. The fraction of sp³-hybridized carbons (Fsp3) is 0.462. The molecule has 1 atom stereocenters. The third-order valence-electron chi connectivity index (χ3n) is 3.14. The molecule has 1 saturated heterocycles. The van der Waals surface area contributed by atoms with Crippen molar-refractivity contribution in [2.24, 2.45) is 0 Å². The summed E-state index contributed by atoms with van der Waals surface area (Å²) in [4.78, 5) is 0. The molecule has 2 rings (SSSR count). The van der Waals surface area contributed by atoms with Gasteiger partial charge in [0.25, 0.3) is 0 Å². The first-order valence-electron chi connectivity index (χ1n) is 6.10. The van der Waals surface area contributed by atoms with Crippen molar-refractivity contribution in [3.8, 4) is 6.07 Å². The number of benzene rings is 1. The van der Waals surface area contributed by atoms with Gasteiger partial charge in [0.1, 0.15) is 0 Å². The molecule has 0 radical (unpaired) electrons. The van der Waals surface area contributed by atoms with Crippen LogP contribution in [0.2, 0.25) is 0 Å². The van der Waals surface area contributed by atoms with Crippen molar-refractivity contribution in [2.45, 2.75) is 18.7 Å². The van der Waals surface area contributed by atoms with Gasteiger partial charge in [-0.1, -0.05) is 18.2 Å². The van der Waals surface area contributed by atoms with E-state index < -0.39 is 10.0 Å². The molecule has 6 heteroatoms. The Morgan fingerprint density at radius 1 is 1.47 bits per heavy atom. The summed E-state index contributed by atoms with van der Waals surface area (Å²) in [5, 5.41) is 9.02. The lowest BCUT2D eigenvalue weighted by Crippen LogP contribution is -2.44. The van der Waals surface area contributed by atoms with Gasteiger partial charge in [-0.3, -0.25) is 0 Å². The molecule has 1 heterocycles. The molecule has 1 unspecified atom stereocenters.